The first kappa shape index (κ1) is 59.8. The fourth-order valence-corrected chi connectivity index (χ4v) is 5.71. The molecule has 10 atom stereocenters. The first-order chi connectivity index (χ1) is 30.8. The van der Waals surface area contributed by atoms with Gasteiger partial charge in [-0.2, -0.15) is 0 Å². The molecule has 0 aliphatic carbocycles. The summed E-state index contributed by atoms with van der Waals surface area (Å²) < 4.78 is 0. The summed E-state index contributed by atoms with van der Waals surface area (Å²) in [4.78, 5) is 131. The number of rotatable bonds is 32. The number of unbranched alkanes of at least 4 members (excludes halogenated alkanes) is 1. The number of nitrogens with two attached hydrogens (primary N) is 5. The summed E-state index contributed by atoms with van der Waals surface area (Å²) in [5.74, 6) is -10.7. The Hall–Kier alpha value is -6.23. The van der Waals surface area contributed by atoms with Crippen LogP contribution in [0.2, 0.25) is 0 Å². The largest absolute Gasteiger partial charge is 0.480 e. The lowest BCUT2D eigenvalue weighted by Crippen LogP contribution is -2.61. The monoisotopic (exact) mass is 947 g/mol. The molecule has 0 aromatic rings. The Labute approximate surface area is 381 Å². The minimum Gasteiger partial charge on any atom is -0.480 e. The van der Waals surface area contributed by atoms with Crippen molar-refractivity contribution in [3.63, 3.8) is 0 Å². The van der Waals surface area contributed by atoms with Crippen LogP contribution in [0.4, 0.5) is 0 Å². The predicted octanol–water partition coefficient (Wildman–Crippen LogP) is -8.21. The van der Waals surface area contributed by atoms with Crippen LogP contribution in [-0.2, 0) is 47.9 Å². The van der Waals surface area contributed by atoms with Crippen LogP contribution in [0.25, 0.3) is 0 Å². The standard InChI is InChI=1S/C38H70N14O14/c1-17(2)27(37(65)66)50-26(57)15-45-35(63)28(19(4)54)52-34(62)24(16-53)49-33(61)22(9-6-7-13-39)48-32(60)23(10-8-14-44-38(42)43)47-30(58)18(3)46-36(64)29(20(5)55)51-31(59)21(40)11-12-25(41)56/h17-24,27-29,53-55H,6-16,39-40H2,1-5H3,(H2,41,56)(H,45,63)(H,46,64)(H,47,58)(H,48,60)(H,49,61)(H,50,57)(H,51,59)(H,52,62)(H,65,66)(H4,42,43,44)/t18-,19+,20+,21-,22-,23-,24-,27-,28-,29-/m0/s1. The molecule has 28 nitrogen and oxygen atoms in total. The van der Waals surface area contributed by atoms with Gasteiger partial charge in [0.15, 0.2) is 5.96 Å². The summed E-state index contributed by atoms with van der Waals surface area (Å²) in [7, 11) is 0. The molecule has 0 saturated heterocycles. The Kier molecular flexibility index (Phi) is 27.9. The van der Waals surface area contributed by atoms with Gasteiger partial charge in [0, 0.05) is 13.0 Å². The van der Waals surface area contributed by atoms with Crippen molar-refractivity contribution in [2.24, 2.45) is 39.6 Å². The maximum Gasteiger partial charge on any atom is 0.326 e. The van der Waals surface area contributed by atoms with E-state index in [0.29, 0.717) is 6.42 Å². The van der Waals surface area contributed by atoms with E-state index in [9.17, 15) is 68.4 Å². The number of hydrogen-bond donors (Lipinski definition) is 17. The summed E-state index contributed by atoms with van der Waals surface area (Å²) in [6.07, 6.45) is -2.92. The molecule has 22 N–H and O–H groups in total. The van der Waals surface area contributed by atoms with Gasteiger partial charge in [-0.25, -0.2) is 4.79 Å². The van der Waals surface area contributed by atoms with E-state index in [2.05, 4.69) is 47.5 Å². The van der Waals surface area contributed by atoms with Gasteiger partial charge in [0.2, 0.25) is 53.2 Å². The first-order valence-electron chi connectivity index (χ1n) is 21.2. The summed E-state index contributed by atoms with van der Waals surface area (Å²) in [6, 6.07) is -11.9. The molecule has 376 valence electrons. The number of aliphatic imine (C=N–C) groups is 1. The van der Waals surface area contributed by atoms with E-state index < -0.39 is 139 Å². The number of aliphatic hydroxyl groups excluding tert-OH is 3. The van der Waals surface area contributed by atoms with Gasteiger partial charge in [-0.05, 0) is 71.8 Å². The highest BCUT2D eigenvalue weighted by Gasteiger charge is 2.35. The quantitative estimate of drug-likeness (QED) is 0.0169. The third-order valence-electron chi connectivity index (χ3n) is 9.56. The number of carboxylic acid groups (broad SMARTS) is 1. The van der Waals surface area contributed by atoms with Gasteiger partial charge in [-0.1, -0.05) is 13.8 Å². The number of hydrogen-bond acceptors (Lipinski definition) is 16. The zero-order valence-electron chi connectivity index (χ0n) is 37.8. The zero-order valence-corrected chi connectivity index (χ0v) is 37.8. The lowest BCUT2D eigenvalue weighted by molar-refractivity contribution is -0.143. The average molecular weight is 947 g/mol. The average Bonchev–Trinajstić information content (AvgIpc) is 3.23. The third-order valence-corrected chi connectivity index (χ3v) is 9.56. The van der Waals surface area contributed by atoms with Crippen LogP contribution >= 0.6 is 0 Å². The number of guanidine groups is 1. The van der Waals surface area contributed by atoms with E-state index in [-0.39, 0.29) is 57.6 Å². The summed E-state index contributed by atoms with van der Waals surface area (Å²) in [5.41, 5.74) is 27.3. The minimum atomic E-state index is -1.77. The number of aliphatic carboxylic acids is 1. The summed E-state index contributed by atoms with van der Waals surface area (Å²) >= 11 is 0. The highest BCUT2D eigenvalue weighted by Crippen LogP contribution is 2.07. The van der Waals surface area contributed by atoms with Crippen molar-refractivity contribution in [1.82, 2.24) is 42.5 Å². The van der Waals surface area contributed by atoms with Crippen LogP contribution < -0.4 is 71.2 Å². The van der Waals surface area contributed by atoms with Gasteiger partial charge >= 0.3 is 5.97 Å². The van der Waals surface area contributed by atoms with Crippen molar-refractivity contribution in [2.75, 3.05) is 26.2 Å². The molecular formula is C38H70N14O14. The van der Waals surface area contributed by atoms with Gasteiger partial charge in [-0.15, -0.1) is 0 Å². The maximum atomic E-state index is 13.8. The van der Waals surface area contributed by atoms with E-state index >= 15 is 0 Å². The number of nitrogens with one attached hydrogen (secondary N) is 8. The molecule has 0 bridgehead atoms. The second-order valence-electron chi connectivity index (χ2n) is 15.7. The molecule has 0 aliphatic rings. The molecule has 0 spiro atoms. The molecule has 0 aromatic carbocycles. The second-order valence-corrected chi connectivity index (χ2v) is 15.7. The zero-order chi connectivity index (χ0) is 50.8. The van der Waals surface area contributed by atoms with Crippen LogP contribution in [0.3, 0.4) is 0 Å². The van der Waals surface area contributed by atoms with E-state index in [1.165, 1.54) is 13.8 Å². The molecule has 0 radical (unpaired) electrons. The topological polar surface area (TPSA) is 490 Å². The number of carbonyl (C=O) groups excluding carboxylic acids is 9. The van der Waals surface area contributed by atoms with Crippen LogP contribution in [0.1, 0.15) is 79.6 Å². The number of amides is 9. The fourth-order valence-electron chi connectivity index (χ4n) is 5.71. The third kappa shape index (κ3) is 23.1. The highest BCUT2D eigenvalue weighted by atomic mass is 16.4. The van der Waals surface area contributed by atoms with Crippen molar-refractivity contribution in [2.45, 2.75) is 140 Å². The number of primary amides is 1. The first-order valence-corrected chi connectivity index (χ1v) is 21.2. The predicted molar refractivity (Wildman–Crippen MR) is 234 cm³/mol. The Morgan fingerprint density at radius 2 is 1.08 bits per heavy atom. The smallest absolute Gasteiger partial charge is 0.326 e. The van der Waals surface area contributed by atoms with E-state index in [1.54, 1.807) is 13.8 Å². The van der Waals surface area contributed by atoms with Crippen LogP contribution in [0.5, 0.6) is 0 Å². The van der Waals surface area contributed by atoms with Crippen LogP contribution in [0, 0.1) is 5.92 Å². The molecule has 28 heteroatoms. The van der Waals surface area contributed by atoms with E-state index in [0.717, 1.165) is 6.92 Å². The van der Waals surface area contributed by atoms with Crippen LogP contribution in [-0.4, -0.2) is 172 Å². The molecule has 0 aromatic heterocycles. The Balaban J connectivity index is 6.16. The lowest BCUT2D eigenvalue weighted by Gasteiger charge is -2.27. The number of carbonyl (C=O) groups is 10. The molecule has 0 fully saturated rings. The highest BCUT2D eigenvalue weighted by molar-refractivity contribution is 5.98. The van der Waals surface area contributed by atoms with Gasteiger partial charge in [0.25, 0.3) is 0 Å². The summed E-state index contributed by atoms with van der Waals surface area (Å²) in [5, 5.41) is 58.3. The maximum absolute atomic E-state index is 13.8. The van der Waals surface area contributed by atoms with Crippen molar-refractivity contribution in [3.8, 4) is 0 Å². The SMILES string of the molecule is CC(C)[C@H](NC(=O)CNC(=O)[C@@H](NC(=O)[C@H](CO)NC(=O)[C@H](CCCCN)NC(=O)[C@H](CCCN=C(N)N)NC(=O)[C@H](C)NC(=O)[C@@H](NC(=O)[C@@H](N)CCC(N)=O)[C@@H](C)O)[C@@H](C)O)C(=O)O. The van der Waals surface area contributed by atoms with E-state index in [4.69, 9.17) is 28.7 Å². The minimum absolute atomic E-state index is 0.00131. The van der Waals surface area contributed by atoms with Crippen LogP contribution in [0.15, 0.2) is 4.99 Å². The van der Waals surface area contributed by atoms with Crippen molar-refractivity contribution in [1.29, 1.82) is 0 Å². The van der Waals surface area contributed by atoms with Crippen molar-refractivity contribution in [3.05, 3.63) is 0 Å². The molecule has 0 unspecified atom stereocenters. The Bertz CT molecular complexity index is 1690. The summed E-state index contributed by atoms with van der Waals surface area (Å²) in [6.45, 7) is 5.06. The van der Waals surface area contributed by atoms with Gasteiger partial charge in [0.05, 0.1) is 31.4 Å². The molecule has 0 heterocycles. The number of carboxylic acids is 1. The normalized spacial score (nSPS) is 15.6. The molecular weight excluding hydrogens is 877 g/mol. The Morgan fingerprint density at radius 1 is 0.576 bits per heavy atom. The molecule has 0 rings (SSSR count). The van der Waals surface area contributed by atoms with Gasteiger partial charge < -0.3 is 91.6 Å². The second kappa shape index (κ2) is 30.8. The van der Waals surface area contributed by atoms with E-state index in [1.807, 2.05) is 0 Å². The Morgan fingerprint density at radius 3 is 1.56 bits per heavy atom. The lowest BCUT2D eigenvalue weighted by atomic mass is 10.0. The van der Waals surface area contributed by atoms with Gasteiger partial charge in [0.1, 0.15) is 42.3 Å². The molecule has 9 amide bonds. The molecule has 66 heavy (non-hydrogen) atoms. The number of aliphatic hydroxyl groups is 3. The molecule has 0 aliphatic heterocycles. The number of nitrogens with zero attached hydrogens (tertiary/aromatic N) is 1. The molecule has 0 saturated carbocycles. The van der Waals surface area contributed by atoms with Crippen molar-refractivity contribution < 1.29 is 68.4 Å². The van der Waals surface area contributed by atoms with Gasteiger partial charge in [-0.3, -0.25) is 48.1 Å². The fraction of sp³-hybridized carbons (Fsp3) is 0.711. The van der Waals surface area contributed by atoms with Crippen molar-refractivity contribution >= 4 is 65.1 Å².